The second kappa shape index (κ2) is 10.0. The van der Waals surface area contributed by atoms with Gasteiger partial charge in [0.05, 0.1) is 0 Å². The van der Waals surface area contributed by atoms with Crippen LogP contribution in [-0.4, -0.2) is 53.6 Å². The number of rotatable bonds is 6. The number of likely N-dealkylation sites (tertiary alicyclic amines) is 2. The number of benzene rings is 1. The van der Waals surface area contributed by atoms with E-state index in [1.165, 1.54) is 12.0 Å². The highest BCUT2D eigenvalue weighted by Crippen LogP contribution is 2.24. The molecule has 0 bridgehead atoms. The monoisotopic (exact) mass is 398 g/mol. The van der Waals surface area contributed by atoms with Crippen LogP contribution in [0.5, 0.6) is 0 Å². The van der Waals surface area contributed by atoms with Crippen molar-refractivity contribution in [3.63, 3.8) is 0 Å². The summed E-state index contributed by atoms with van der Waals surface area (Å²) < 4.78 is 0. The number of carbonyl (C=O) groups excluding carboxylic acids is 3. The molecule has 0 N–H and O–H groups in total. The van der Waals surface area contributed by atoms with Gasteiger partial charge in [0.1, 0.15) is 0 Å². The number of hydrogen-bond acceptors (Lipinski definition) is 3. The Morgan fingerprint density at radius 2 is 1.62 bits per heavy atom. The van der Waals surface area contributed by atoms with Gasteiger partial charge >= 0.3 is 0 Å². The van der Waals surface area contributed by atoms with E-state index in [4.69, 9.17) is 0 Å². The Hall–Kier alpha value is -2.17. The van der Waals surface area contributed by atoms with Crippen LogP contribution in [0.15, 0.2) is 24.3 Å². The molecule has 1 aromatic rings. The zero-order valence-corrected chi connectivity index (χ0v) is 17.9. The van der Waals surface area contributed by atoms with Crippen LogP contribution in [-0.2, 0) is 16.0 Å². The van der Waals surface area contributed by atoms with Gasteiger partial charge in [0, 0.05) is 50.5 Å². The number of amides is 2. The lowest BCUT2D eigenvalue weighted by Gasteiger charge is -2.37. The van der Waals surface area contributed by atoms with Crippen molar-refractivity contribution in [1.82, 2.24) is 9.80 Å². The number of hydrogen-bond donors (Lipinski definition) is 0. The van der Waals surface area contributed by atoms with E-state index < -0.39 is 0 Å². The Kier molecular flexibility index (Phi) is 7.45. The summed E-state index contributed by atoms with van der Waals surface area (Å²) in [5.41, 5.74) is 1.88. The van der Waals surface area contributed by atoms with Crippen molar-refractivity contribution in [2.24, 2.45) is 11.8 Å². The van der Waals surface area contributed by atoms with E-state index >= 15 is 0 Å². The molecule has 5 heteroatoms. The minimum atomic E-state index is 0.0188. The molecule has 1 unspecified atom stereocenters. The maximum atomic E-state index is 12.8. The van der Waals surface area contributed by atoms with Crippen LogP contribution in [0.25, 0.3) is 0 Å². The summed E-state index contributed by atoms with van der Waals surface area (Å²) in [6, 6.07) is 7.65. The smallest absolute Gasteiger partial charge is 0.225 e. The topological polar surface area (TPSA) is 57.7 Å². The first-order chi connectivity index (χ1) is 14.0. The molecule has 29 heavy (non-hydrogen) atoms. The molecule has 2 saturated heterocycles. The molecular weight excluding hydrogens is 364 g/mol. The SMILES string of the molecule is CCc1ccc(C(=O)CCC(=O)N2CCC(C(=O)N3CCCC(C)C3)CC2)cc1. The van der Waals surface area contributed by atoms with Crippen LogP contribution in [0.1, 0.15) is 68.3 Å². The number of ketones is 1. The summed E-state index contributed by atoms with van der Waals surface area (Å²) in [6.45, 7) is 7.29. The first-order valence-electron chi connectivity index (χ1n) is 11.2. The summed E-state index contributed by atoms with van der Waals surface area (Å²) in [7, 11) is 0. The van der Waals surface area contributed by atoms with E-state index in [9.17, 15) is 14.4 Å². The minimum absolute atomic E-state index is 0.0188. The highest BCUT2D eigenvalue weighted by molar-refractivity contribution is 5.98. The lowest BCUT2D eigenvalue weighted by molar-refractivity contribution is -0.142. The van der Waals surface area contributed by atoms with Crippen molar-refractivity contribution < 1.29 is 14.4 Å². The Labute approximate surface area is 174 Å². The second-order valence-corrected chi connectivity index (χ2v) is 8.66. The van der Waals surface area contributed by atoms with Gasteiger partial charge in [-0.15, -0.1) is 0 Å². The fourth-order valence-electron chi connectivity index (χ4n) is 4.47. The van der Waals surface area contributed by atoms with Crippen molar-refractivity contribution in [2.75, 3.05) is 26.2 Å². The molecule has 2 heterocycles. The van der Waals surface area contributed by atoms with E-state index in [2.05, 4.69) is 13.8 Å². The van der Waals surface area contributed by atoms with E-state index in [0.717, 1.165) is 38.8 Å². The standard InChI is InChI=1S/C24H34N2O3/c1-3-19-6-8-20(9-7-19)22(27)10-11-23(28)25-15-12-21(13-16-25)24(29)26-14-4-5-18(2)17-26/h6-9,18,21H,3-5,10-17H2,1-2H3. The van der Waals surface area contributed by atoms with Gasteiger partial charge in [-0.05, 0) is 43.6 Å². The fourth-order valence-corrected chi connectivity index (χ4v) is 4.47. The van der Waals surface area contributed by atoms with Crippen LogP contribution >= 0.6 is 0 Å². The summed E-state index contributed by atoms with van der Waals surface area (Å²) in [5.74, 6) is 0.953. The maximum Gasteiger partial charge on any atom is 0.225 e. The summed E-state index contributed by atoms with van der Waals surface area (Å²) >= 11 is 0. The average molecular weight is 399 g/mol. The van der Waals surface area contributed by atoms with Crippen molar-refractivity contribution >= 4 is 17.6 Å². The third-order valence-corrected chi connectivity index (χ3v) is 6.42. The van der Waals surface area contributed by atoms with Gasteiger partial charge in [0.2, 0.25) is 11.8 Å². The molecule has 1 atom stereocenters. The van der Waals surface area contributed by atoms with E-state index in [0.29, 0.717) is 24.6 Å². The van der Waals surface area contributed by atoms with Gasteiger partial charge in [-0.25, -0.2) is 0 Å². The zero-order valence-electron chi connectivity index (χ0n) is 17.9. The molecule has 1 aromatic carbocycles. The van der Waals surface area contributed by atoms with Crippen LogP contribution in [0.2, 0.25) is 0 Å². The van der Waals surface area contributed by atoms with Crippen LogP contribution in [0, 0.1) is 11.8 Å². The second-order valence-electron chi connectivity index (χ2n) is 8.66. The number of carbonyl (C=O) groups is 3. The predicted octanol–water partition coefficient (Wildman–Crippen LogP) is 3.71. The van der Waals surface area contributed by atoms with Crippen LogP contribution in [0.3, 0.4) is 0 Å². The first kappa shape index (κ1) is 21.5. The van der Waals surface area contributed by atoms with E-state index in [-0.39, 0.29) is 36.4 Å². The van der Waals surface area contributed by atoms with Crippen molar-refractivity contribution in [1.29, 1.82) is 0 Å². The Bertz CT molecular complexity index is 720. The molecule has 2 amide bonds. The third-order valence-electron chi connectivity index (χ3n) is 6.42. The van der Waals surface area contributed by atoms with Gasteiger partial charge in [-0.3, -0.25) is 14.4 Å². The van der Waals surface area contributed by atoms with E-state index in [1.807, 2.05) is 34.1 Å². The Morgan fingerprint density at radius 1 is 0.931 bits per heavy atom. The molecule has 2 fully saturated rings. The molecule has 0 saturated carbocycles. The predicted molar refractivity (Wildman–Crippen MR) is 114 cm³/mol. The van der Waals surface area contributed by atoms with Gasteiger partial charge in [0.15, 0.2) is 5.78 Å². The first-order valence-corrected chi connectivity index (χ1v) is 11.2. The highest BCUT2D eigenvalue weighted by atomic mass is 16.2. The highest BCUT2D eigenvalue weighted by Gasteiger charge is 2.31. The van der Waals surface area contributed by atoms with Crippen LogP contribution in [0.4, 0.5) is 0 Å². The molecule has 0 aliphatic carbocycles. The minimum Gasteiger partial charge on any atom is -0.343 e. The molecule has 158 valence electrons. The van der Waals surface area contributed by atoms with Gasteiger partial charge in [0.25, 0.3) is 0 Å². The van der Waals surface area contributed by atoms with Crippen LogP contribution < -0.4 is 0 Å². The Balaban J connectivity index is 1.42. The molecule has 2 aliphatic heterocycles. The van der Waals surface area contributed by atoms with Crippen molar-refractivity contribution in [3.8, 4) is 0 Å². The molecule has 3 rings (SSSR count). The quantitative estimate of drug-likeness (QED) is 0.687. The number of nitrogens with zero attached hydrogens (tertiary/aromatic N) is 2. The summed E-state index contributed by atoms with van der Waals surface area (Å²) in [4.78, 5) is 41.5. The normalized spacial score (nSPS) is 20.6. The summed E-state index contributed by atoms with van der Waals surface area (Å²) in [6.07, 6.45) is 5.22. The van der Waals surface area contributed by atoms with Gasteiger partial charge in [-0.1, -0.05) is 38.1 Å². The Morgan fingerprint density at radius 3 is 2.24 bits per heavy atom. The number of piperidine rings is 2. The fraction of sp³-hybridized carbons (Fsp3) is 0.625. The molecule has 0 aromatic heterocycles. The lowest BCUT2D eigenvalue weighted by Crippen LogP contribution is -2.47. The molecular formula is C24H34N2O3. The van der Waals surface area contributed by atoms with Gasteiger partial charge < -0.3 is 9.80 Å². The number of Topliss-reactive ketones (excluding diaryl/α,β-unsaturated/α-hetero) is 1. The third kappa shape index (κ3) is 5.68. The largest absolute Gasteiger partial charge is 0.343 e. The average Bonchev–Trinajstić information content (AvgIpc) is 2.77. The zero-order chi connectivity index (χ0) is 20.8. The van der Waals surface area contributed by atoms with Crippen molar-refractivity contribution in [2.45, 2.75) is 58.8 Å². The lowest BCUT2D eigenvalue weighted by atomic mass is 9.92. The molecule has 0 spiro atoms. The molecule has 2 aliphatic rings. The molecule has 5 nitrogen and oxygen atoms in total. The summed E-state index contributed by atoms with van der Waals surface area (Å²) in [5, 5.41) is 0. The maximum absolute atomic E-state index is 12.8. The van der Waals surface area contributed by atoms with E-state index in [1.54, 1.807) is 0 Å². The van der Waals surface area contributed by atoms with Gasteiger partial charge in [-0.2, -0.15) is 0 Å². The van der Waals surface area contributed by atoms with Crippen molar-refractivity contribution in [3.05, 3.63) is 35.4 Å². The number of aryl methyl sites for hydroxylation is 1. The molecule has 0 radical (unpaired) electrons.